The summed E-state index contributed by atoms with van der Waals surface area (Å²) in [5.41, 5.74) is 0.866. The molecule has 0 aliphatic rings. The second-order valence-corrected chi connectivity index (χ2v) is 5.16. The zero-order valence-corrected chi connectivity index (χ0v) is 13.7. The van der Waals surface area contributed by atoms with Crippen molar-refractivity contribution >= 4 is 33.3 Å². The van der Waals surface area contributed by atoms with Crippen molar-refractivity contribution in [3.8, 4) is 5.75 Å². The van der Waals surface area contributed by atoms with Crippen molar-refractivity contribution in [2.75, 3.05) is 31.9 Å². The summed E-state index contributed by atoms with van der Waals surface area (Å²) in [6.07, 6.45) is 0. The van der Waals surface area contributed by atoms with Crippen LogP contribution in [-0.2, 0) is 11.3 Å². The van der Waals surface area contributed by atoms with Crippen molar-refractivity contribution in [1.82, 2.24) is 9.97 Å². The van der Waals surface area contributed by atoms with Crippen molar-refractivity contribution in [3.05, 3.63) is 34.6 Å². The summed E-state index contributed by atoms with van der Waals surface area (Å²) in [4.78, 5) is 8.72. The lowest BCUT2D eigenvalue weighted by atomic mass is 10.3. The lowest BCUT2D eigenvalue weighted by molar-refractivity contribution is 0.178. The van der Waals surface area contributed by atoms with Crippen LogP contribution >= 0.6 is 15.9 Å². The number of ether oxygens (including phenoxy) is 2. The molecule has 21 heavy (non-hydrogen) atoms. The van der Waals surface area contributed by atoms with E-state index in [1.165, 1.54) is 0 Å². The highest BCUT2D eigenvalue weighted by Crippen LogP contribution is 2.27. The molecule has 0 fully saturated rings. The maximum absolute atomic E-state index is 5.25. The lowest BCUT2D eigenvalue weighted by Crippen LogP contribution is -2.04. The van der Waals surface area contributed by atoms with Gasteiger partial charge in [0.25, 0.3) is 0 Å². The minimum absolute atomic E-state index is 0.353. The van der Waals surface area contributed by atoms with Crippen LogP contribution in [0.1, 0.15) is 5.82 Å². The van der Waals surface area contributed by atoms with Crippen LogP contribution in [-0.4, -0.2) is 31.2 Å². The molecule has 112 valence electrons. The van der Waals surface area contributed by atoms with Gasteiger partial charge >= 0.3 is 0 Å². The zero-order chi connectivity index (χ0) is 15.2. The van der Waals surface area contributed by atoms with Crippen LogP contribution in [0.2, 0.25) is 0 Å². The van der Waals surface area contributed by atoms with Crippen LogP contribution in [0.25, 0.3) is 0 Å². The Morgan fingerprint density at radius 3 is 2.52 bits per heavy atom. The second-order valence-electron chi connectivity index (χ2n) is 4.24. The number of halogens is 1. The van der Waals surface area contributed by atoms with Gasteiger partial charge in [0.05, 0.1) is 7.11 Å². The second kappa shape index (κ2) is 7.24. The van der Waals surface area contributed by atoms with Gasteiger partial charge < -0.3 is 20.1 Å². The standard InChI is InChI=1S/C14H17BrN4O2/c1-16-12-7-13(19-14(18-12)8-20-2)17-10-4-9(15)5-11(6-10)21-3/h4-7H,8H2,1-3H3,(H2,16,17,18,19). The monoisotopic (exact) mass is 352 g/mol. The minimum Gasteiger partial charge on any atom is -0.497 e. The van der Waals surface area contributed by atoms with E-state index >= 15 is 0 Å². The average Bonchev–Trinajstić information content (AvgIpc) is 2.46. The molecule has 0 aliphatic heterocycles. The summed E-state index contributed by atoms with van der Waals surface area (Å²) in [5, 5.41) is 6.24. The predicted octanol–water partition coefficient (Wildman–Crippen LogP) is 3.18. The molecule has 0 saturated heterocycles. The van der Waals surface area contributed by atoms with Crippen molar-refractivity contribution in [2.45, 2.75) is 6.61 Å². The van der Waals surface area contributed by atoms with E-state index in [4.69, 9.17) is 9.47 Å². The van der Waals surface area contributed by atoms with Crippen molar-refractivity contribution in [2.24, 2.45) is 0 Å². The van der Waals surface area contributed by atoms with Gasteiger partial charge in [-0.25, -0.2) is 9.97 Å². The first-order chi connectivity index (χ1) is 10.1. The topological polar surface area (TPSA) is 68.3 Å². The molecule has 2 aromatic rings. The number of methoxy groups -OCH3 is 2. The van der Waals surface area contributed by atoms with Crippen LogP contribution < -0.4 is 15.4 Å². The SMILES string of the molecule is CNc1cc(Nc2cc(Br)cc(OC)c2)nc(COC)n1. The van der Waals surface area contributed by atoms with E-state index in [1.807, 2.05) is 31.3 Å². The van der Waals surface area contributed by atoms with Gasteiger partial charge in [-0.05, 0) is 12.1 Å². The molecule has 6 nitrogen and oxygen atoms in total. The summed E-state index contributed by atoms with van der Waals surface area (Å²) >= 11 is 3.45. The van der Waals surface area contributed by atoms with Gasteiger partial charge in [0.2, 0.25) is 0 Å². The van der Waals surface area contributed by atoms with Crippen molar-refractivity contribution < 1.29 is 9.47 Å². The average molecular weight is 353 g/mol. The molecule has 0 spiro atoms. The Labute approximate surface area is 132 Å². The highest BCUT2D eigenvalue weighted by molar-refractivity contribution is 9.10. The lowest BCUT2D eigenvalue weighted by Gasteiger charge is -2.11. The quantitative estimate of drug-likeness (QED) is 0.832. The number of rotatable bonds is 6. The third-order valence-electron chi connectivity index (χ3n) is 2.68. The summed E-state index contributed by atoms with van der Waals surface area (Å²) in [6, 6.07) is 7.55. The maximum Gasteiger partial charge on any atom is 0.158 e. The molecule has 2 rings (SSSR count). The van der Waals surface area contributed by atoms with Crippen LogP contribution in [0, 0.1) is 0 Å². The molecule has 0 radical (unpaired) electrons. The number of nitrogens with one attached hydrogen (secondary N) is 2. The van der Waals surface area contributed by atoms with Crippen LogP contribution in [0.3, 0.4) is 0 Å². The highest BCUT2D eigenvalue weighted by atomic mass is 79.9. The Morgan fingerprint density at radius 1 is 1.10 bits per heavy atom. The number of hydrogen-bond acceptors (Lipinski definition) is 6. The minimum atomic E-state index is 0.353. The number of benzene rings is 1. The van der Waals surface area contributed by atoms with Crippen LogP contribution in [0.15, 0.2) is 28.7 Å². The molecule has 2 N–H and O–H groups in total. The van der Waals surface area contributed by atoms with E-state index in [1.54, 1.807) is 14.2 Å². The maximum atomic E-state index is 5.25. The third-order valence-corrected chi connectivity index (χ3v) is 3.14. The molecule has 7 heteroatoms. The number of hydrogen-bond donors (Lipinski definition) is 2. The number of aromatic nitrogens is 2. The molecule has 0 amide bonds. The Balaban J connectivity index is 2.29. The first-order valence-electron chi connectivity index (χ1n) is 6.31. The van der Waals surface area contributed by atoms with Gasteiger partial charge in [0.1, 0.15) is 24.0 Å². The predicted molar refractivity (Wildman–Crippen MR) is 86.3 cm³/mol. The van der Waals surface area contributed by atoms with Gasteiger partial charge in [-0.1, -0.05) is 15.9 Å². The third kappa shape index (κ3) is 4.30. The highest BCUT2D eigenvalue weighted by Gasteiger charge is 2.06. The van der Waals surface area contributed by atoms with Crippen molar-refractivity contribution in [1.29, 1.82) is 0 Å². The number of anilines is 3. The van der Waals surface area contributed by atoms with Gasteiger partial charge in [0.15, 0.2) is 5.82 Å². The molecule has 1 heterocycles. The van der Waals surface area contributed by atoms with E-state index in [2.05, 4.69) is 36.5 Å². The fourth-order valence-electron chi connectivity index (χ4n) is 1.78. The Kier molecular flexibility index (Phi) is 5.35. The van der Waals surface area contributed by atoms with Crippen molar-refractivity contribution in [3.63, 3.8) is 0 Å². The van der Waals surface area contributed by atoms with E-state index in [0.29, 0.717) is 18.2 Å². The molecule has 0 saturated carbocycles. The molecule has 0 atom stereocenters. The van der Waals surface area contributed by atoms with E-state index in [9.17, 15) is 0 Å². The van der Waals surface area contributed by atoms with Gasteiger partial charge in [-0.15, -0.1) is 0 Å². The normalized spacial score (nSPS) is 10.3. The molecular formula is C14H17BrN4O2. The largest absolute Gasteiger partial charge is 0.497 e. The zero-order valence-electron chi connectivity index (χ0n) is 12.1. The van der Waals surface area contributed by atoms with E-state index in [0.717, 1.165) is 21.7 Å². The fraction of sp³-hybridized carbons (Fsp3) is 0.286. The van der Waals surface area contributed by atoms with Gasteiger partial charge in [-0.2, -0.15) is 0 Å². The van der Waals surface area contributed by atoms with Gasteiger partial charge in [0, 0.05) is 36.5 Å². The van der Waals surface area contributed by atoms with Crippen LogP contribution in [0.4, 0.5) is 17.3 Å². The summed E-state index contributed by atoms with van der Waals surface area (Å²) < 4.78 is 11.2. The Morgan fingerprint density at radius 2 is 1.86 bits per heavy atom. The van der Waals surface area contributed by atoms with Crippen LogP contribution in [0.5, 0.6) is 5.75 Å². The van der Waals surface area contributed by atoms with Gasteiger partial charge in [-0.3, -0.25) is 0 Å². The first kappa shape index (κ1) is 15.5. The Bertz CT molecular complexity index is 622. The summed E-state index contributed by atoms with van der Waals surface area (Å²) in [7, 11) is 5.05. The Hall–Kier alpha value is -1.86. The molecule has 0 aliphatic carbocycles. The molecular weight excluding hydrogens is 336 g/mol. The van der Waals surface area contributed by atoms with E-state index in [-0.39, 0.29) is 0 Å². The summed E-state index contributed by atoms with van der Waals surface area (Å²) in [6.45, 7) is 0.353. The summed E-state index contributed by atoms with van der Waals surface area (Å²) in [5.74, 6) is 2.77. The first-order valence-corrected chi connectivity index (χ1v) is 7.10. The molecule has 1 aromatic heterocycles. The fourth-order valence-corrected chi connectivity index (χ4v) is 2.26. The molecule has 0 bridgehead atoms. The molecule has 1 aromatic carbocycles. The number of nitrogens with zero attached hydrogens (tertiary/aromatic N) is 2. The molecule has 0 unspecified atom stereocenters. The smallest absolute Gasteiger partial charge is 0.158 e. The van der Waals surface area contributed by atoms with E-state index < -0.39 is 0 Å².